The second kappa shape index (κ2) is 12.4. The predicted octanol–water partition coefficient (Wildman–Crippen LogP) is 4.59. The van der Waals surface area contributed by atoms with E-state index >= 15 is 0 Å². The number of likely N-dealkylation sites (tertiary alicyclic amines) is 1. The van der Waals surface area contributed by atoms with Gasteiger partial charge >= 0.3 is 0 Å². The number of Topliss-reactive ketones (excluding diaryl/α,β-unsaturated/α-hetero) is 1. The molecule has 2 aromatic carbocycles. The quantitative estimate of drug-likeness (QED) is 0.198. The monoisotopic (exact) mass is 497 g/mol. The van der Waals surface area contributed by atoms with E-state index in [9.17, 15) is 14.7 Å². The molecule has 1 aliphatic rings. The minimum atomic E-state index is -0.799. The van der Waals surface area contributed by atoms with Gasteiger partial charge < -0.3 is 29.0 Å². The maximum absolute atomic E-state index is 13.2. The molecule has 1 fully saturated rings. The van der Waals surface area contributed by atoms with E-state index in [0.29, 0.717) is 53.9 Å². The molecule has 0 aromatic heterocycles. The number of aliphatic hydroxyl groups excluding tert-OH is 1. The molecule has 1 saturated heterocycles. The van der Waals surface area contributed by atoms with E-state index in [0.717, 1.165) is 6.42 Å². The first-order valence-corrected chi connectivity index (χ1v) is 12.0. The zero-order valence-electron chi connectivity index (χ0n) is 21.6. The molecule has 1 unspecified atom stereocenters. The van der Waals surface area contributed by atoms with Crippen LogP contribution in [0.3, 0.4) is 0 Å². The van der Waals surface area contributed by atoms with Crippen LogP contribution in [0.25, 0.3) is 5.76 Å². The Morgan fingerprint density at radius 3 is 2.44 bits per heavy atom. The third-order valence-corrected chi connectivity index (χ3v) is 6.09. The highest BCUT2D eigenvalue weighted by molar-refractivity contribution is 6.46. The summed E-state index contributed by atoms with van der Waals surface area (Å²) in [5, 5.41) is 11.2. The molecule has 0 spiro atoms. The van der Waals surface area contributed by atoms with Crippen LogP contribution in [-0.4, -0.2) is 62.8 Å². The number of amides is 1. The summed E-state index contributed by atoms with van der Waals surface area (Å²) in [7, 11) is 4.64. The highest BCUT2D eigenvalue weighted by Gasteiger charge is 2.46. The summed E-state index contributed by atoms with van der Waals surface area (Å²) in [5.41, 5.74) is 1.03. The van der Waals surface area contributed by atoms with Crippen LogP contribution in [0.1, 0.15) is 43.9 Å². The fourth-order valence-corrected chi connectivity index (χ4v) is 4.14. The van der Waals surface area contributed by atoms with Gasteiger partial charge in [-0.05, 0) is 48.6 Å². The first-order chi connectivity index (χ1) is 17.3. The van der Waals surface area contributed by atoms with Gasteiger partial charge in [-0.1, -0.05) is 32.0 Å². The SMILES string of the molecule is COCCCN1C(=O)C(=O)/C(=C(/O)c2cccc(OC)c2)C1c1ccc(OCCC(C)C)c(OC)c1. The van der Waals surface area contributed by atoms with Crippen molar-refractivity contribution in [2.45, 2.75) is 32.7 Å². The molecular weight excluding hydrogens is 462 g/mol. The Labute approximate surface area is 212 Å². The van der Waals surface area contributed by atoms with Gasteiger partial charge in [0.15, 0.2) is 11.5 Å². The lowest BCUT2D eigenvalue weighted by Crippen LogP contribution is -2.31. The average Bonchev–Trinajstić information content (AvgIpc) is 3.13. The number of rotatable bonds is 12. The maximum atomic E-state index is 13.2. The van der Waals surface area contributed by atoms with Crippen LogP contribution in [0.15, 0.2) is 48.0 Å². The summed E-state index contributed by atoms with van der Waals surface area (Å²) in [5.74, 6) is 0.410. The molecule has 1 N–H and O–H groups in total. The van der Waals surface area contributed by atoms with E-state index in [1.54, 1.807) is 56.7 Å². The van der Waals surface area contributed by atoms with Crippen LogP contribution in [0.4, 0.5) is 0 Å². The number of aliphatic hydroxyl groups is 1. The topological polar surface area (TPSA) is 94.5 Å². The van der Waals surface area contributed by atoms with Crippen molar-refractivity contribution in [2.75, 3.05) is 41.1 Å². The lowest BCUT2D eigenvalue weighted by molar-refractivity contribution is -0.140. The minimum absolute atomic E-state index is 0.0150. The van der Waals surface area contributed by atoms with Crippen molar-refractivity contribution in [1.29, 1.82) is 0 Å². The number of ether oxygens (including phenoxy) is 4. The number of hydrogen-bond acceptors (Lipinski definition) is 7. The Balaban J connectivity index is 2.08. The smallest absolute Gasteiger partial charge is 0.295 e. The predicted molar refractivity (Wildman–Crippen MR) is 136 cm³/mol. The molecule has 36 heavy (non-hydrogen) atoms. The summed E-state index contributed by atoms with van der Waals surface area (Å²) in [4.78, 5) is 27.8. The zero-order chi connectivity index (χ0) is 26.2. The lowest BCUT2D eigenvalue weighted by Gasteiger charge is -2.26. The zero-order valence-corrected chi connectivity index (χ0v) is 21.6. The average molecular weight is 498 g/mol. The van der Waals surface area contributed by atoms with Crippen LogP contribution in [-0.2, 0) is 14.3 Å². The van der Waals surface area contributed by atoms with Gasteiger partial charge in [0, 0.05) is 25.8 Å². The van der Waals surface area contributed by atoms with Crippen molar-refractivity contribution in [3.05, 3.63) is 59.2 Å². The van der Waals surface area contributed by atoms with E-state index < -0.39 is 17.7 Å². The standard InChI is InChI=1S/C28H35NO7/c1-18(2)12-15-36-22-11-10-19(17-23(22)35-5)25-24(26(30)20-8-6-9-21(16-20)34-4)27(31)28(32)29(25)13-7-14-33-3/h6,8-11,16-18,25,30H,7,12-15H2,1-5H3/b26-24+. The second-order valence-corrected chi connectivity index (χ2v) is 9.01. The number of hydrogen-bond donors (Lipinski definition) is 1. The van der Waals surface area contributed by atoms with Crippen molar-refractivity contribution in [2.24, 2.45) is 5.92 Å². The van der Waals surface area contributed by atoms with E-state index in [-0.39, 0.29) is 17.9 Å². The first-order valence-electron chi connectivity index (χ1n) is 12.0. The van der Waals surface area contributed by atoms with E-state index in [2.05, 4.69) is 13.8 Å². The summed E-state index contributed by atoms with van der Waals surface area (Å²) in [6.45, 7) is 5.50. The summed E-state index contributed by atoms with van der Waals surface area (Å²) < 4.78 is 21.9. The lowest BCUT2D eigenvalue weighted by atomic mass is 9.95. The van der Waals surface area contributed by atoms with E-state index in [4.69, 9.17) is 18.9 Å². The van der Waals surface area contributed by atoms with Gasteiger partial charge in [0.2, 0.25) is 0 Å². The molecular formula is C28H35NO7. The molecule has 1 atom stereocenters. The van der Waals surface area contributed by atoms with Crippen LogP contribution in [0.2, 0.25) is 0 Å². The maximum Gasteiger partial charge on any atom is 0.295 e. The first kappa shape index (κ1) is 27.1. The molecule has 1 amide bonds. The molecule has 0 saturated carbocycles. The fourth-order valence-electron chi connectivity index (χ4n) is 4.14. The Morgan fingerprint density at radius 1 is 1.00 bits per heavy atom. The van der Waals surface area contributed by atoms with Crippen LogP contribution >= 0.6 is 0 Å². The van der Waals surface area contributed by atoms with Gasteiger partial charge in [0.25, 0.3) is 11.7 Å². The number of carbonyl (C=O) groups excluding carboxylic acids is 2. The van der Waals surface area contributed by atoms with Crippen molar-refractivity contribution >= 4 is 17.4 Å². The number of methoxy groups -OCH3 is 3. The number of carbonyl (C=O) groups is 2. The molecule has 3 rings (SSSR count). The van der Waals surface area contributed by atoms with Gasteiger partial charge in [-0.3, -0.25) is 9.59 Å². The molecule has 0 aliphatic carbocycles. The minimum Gasteiger partial charge on any atom is -0.507 e. The molecule has 8 nitrogen and oxygen atoms in total. The van der Waals surface area contributed by atoms with Crippen molar-refractivity contribution in [3.63, 3.8) is 0 Å². The largest absolute Gasteiger partial charge is 0.507 e. The number of nitrogens with zero attached hydrogens (tertiary/aromatic N) is 1. The van der Waals surface area contributed by atoms with Crippen molar-refractivity contribution < 1.29 is 33.6 Å². The Kier molecular flexibility index (Phi) is 9.36. The summed E-state index contributed by atoms with van der Waals surface area (Å²) in [6.07, 6.45) is 1.43. The summed E-state index contributed by atoms with van der Waals surface area (Å²) >= 11 is 0. The molecule has 0 bridgehead atoms. The van der Waals surface area contributed by atoms with Crippen LogP contribution in [0, 0.1) is 5.92 Å². The van der Waals surface area contributed by atoms with Gasteiger partial charge in [0.05, 0.1) is 32.4 Å². The molecule has 1 aliphatic heterocycles. The molecule has 194 valence electrons. The third-order valence-electron chi connectivity index (χ3n) is 6.09. The van der Waals surface area contributed by atoms with E-state index in [1.807, 2.05) is 0 Å². The number of benzene rings is 2. The molecule has 1 heterocycles. The normalized spacial score (nSPS) is 17.1. The molecule has 8 heteroatoms. The fraction of sp³-hybridized carbons (Fsp3) is 0.429. The van der Waals surface area contributed by atoms with Gasteiger partial charge in [-0.2, -0.15) is 0 Å². The summed E-state index contributed by atoms with van der Waals surface area (Å²) in [6, 6.07) is 11.3. The Morgan fingerprint density at radius 2 is 1.78 bits per heavy atom. The van der Waals surface area contributed by atoms with Gasteiger partial charge in [0.1, 0.15) is 11.5 Å². The second-order valence-electron chi connectivity index (χ2n) is 9.01. The van der Waals surface area contributed by atoms with E-state index in [1.165, 1.54) is 12.0 Å². The molecule has 2 aromatic rings. The highest BCUT2D eigenvalue weighted by Crippen LogP contribution is 2.42. The molecule has 0 radical (unpaired) electrons. The number of ketones is 1. The van der Waals surface area contributed by atoms with Gasteiger partial charge in [-0.25, -0.2) is 0 Å². The Bertz CT molecular complexity index is 1110. The third kappa shape index (κ3) is 5.99. The van der Waals surface area contributed by atoms with Crippen LogP contribution < -0.4 is 14.2 Å². The van der Waals surface area contributed by atoms with Crippen molar-refractivity contribution in [1.82, 2.24) is 4.90 Å². The van der Waals surface area contributed by atoms with Crippen molar-refractivity contribution in [3.8, 4) is 17.2 Å². The van der Waals surface area contributed by atoms with Gasteiger partial charge in [-0.15, -0.1) is 0 Å². The Hall–Kier alpha value is -3.52. The van der Waals surface area contributed by atoms with Crippen LogP contribution in [0.5, 0.6) is 17.2 Å². The highest BCUT2D eigenvalue weighted by atomic mass is 16.5.